The molecule has 0 aromatic heterocycles. The normalized spacial score (nSPS) is 8.14. The van der Waals surface area contributed by atoms with Crippen LogP contribution < -0.4 is 11.1 Å². The molecule has 0 aliphatic rings. The maximum atomic E-state index is 9.81. The Labute approximate surface area is 45.2 Å². The largest absolute Gasteiger partial charge is 0.365 e. The van der Waals surface area contributed by atoms with Crippen molar-refractivity contribution in [2.24, 2.45) is 5.73 Å². The van der Waals surface area contributed by atoms with Crippen molar-refractivity contribution in [2.45, 2.75) is 0 Å². The summed E-state index contributed by atoms with van der Waals surface area (Å²) in [5.74, 6) is -0.523. The maximum absolute atomic E-state index is 9.81. The first-order valence-corrected chi connectivity index (χ1v) is 2.00. The molecule has 2 radical (unpaired) electrons. The minimum Gasteiger partial charge on any atom is -0.365 e. The Morgan fingerprint density at radius 1 is 2.00 bits per heavy atom. The minimum atomic E-state index is -0.523. The number of carbonyl (C=O) groups is 1. The molecule has 0 heterocycles. The van der Waals surface area contributed by atoms with Gasteiger partial charge in [0, 0.05) is 14.5 Å². The van der Waals surface area contributed by atoms with E-state index in [1.807, 2.05) is 0 Å². The van der Waals surface area contributed by atoms with Crippen LogP contribution >= 0.6 is 0 Å². The SMILES string of the molecule is [B]C(=O)NCCN.[HH]. The number of hydrogen-bond donors (Lipinski definition) is 2. The van der Waals surface area contributed by atoms with Crippen LogP contribution in [-0.4, -0.2) is 26.7 Å². The van der Waals surface area contributed by atoms with E-state index in [9.17, 15) is 4.79 Å². The van der Waals surface area contributed by atoms with Gasteiger partial charge in [-0.15, -0.1) is 0 Å². The molecule has 0 atom stereocenters. The number of nitrogens with one attached hydrogen (secondary N) is 1. The number of hydrogen-bond acceptors (Lipinski definition) is 2. The summed E-state index contributed by atoms with van der Waals surface area (Å²) in [6.07, 6.45) is 0. The van der Waals surface area contributed by atoms with Crippen LogP contribution in [0.2, 0.25) is 0 Å². The molecule has 0 saturated carbocycles. The van der Waals surface area contributed by atoms with Crippen LogP contribution in [0.25, 0.3) is 0 Å². The summed E-state index contributed by atoms with van der Waals surface area (Å²) in [7, 11) is 4.67. The topological polar surface area (TPSA) is 55.1 Å². The molecular weight excluding hydrogens is 90.9 g/mol. The molecule has 0 unspecified atom stereocenters. The molecule has 0 aliphatic heterocycles. The zero-order chi connectivity index (χ0) is 5.70. The van der Waals surface area contributed by atoms with Gasteiger partial charge in [0.05, 0.1) is 0 Å². The van der Waals surface area contributed by atoms with Crippen LogP contribution in [0, 0.1) is 0 Å². The summed E-state index contributed by atoms with van der Waals surface area (Å²) < 4.78 is 0. The van der Waals surface area contributed by atoms with Gasteiger partial charge >= 0.3 is 0 Å². The predicted molar refractivity (Wildman–Crippen MR) is 30.3 cm³/mol. The molecule has 0 saturated heterocycles. The van der Waals surface area contributed by atoms with Gasteiger partial charge in [-0.25, -0.2) is 0 Å². The van der Waals surface area contributed by atoms with E-state index in [0.29, 0.717) is 13.1 Å². The predicted octanol–water partition coefficient (Wildman–Crippen LogP) is -0.931. The summed E-state index contributed by atoms with van der Waals surface area (Å²) >= 11 is 0. The van der Waals surface area contributed by atoms with Gasteiger partial charge in [-0.3, -0.25) is 4.79 Å². The molecule has 0 aromatic rings. The fourth-order valence-corrected chi connectivity index (χ4v) is 0.195. The molecule has 1 amide bonds. The first-order chi connectivity index (χ1) is 3.27. The number of nitrogens with two attached hydrogens (primary N) is 1. The van der Waals surface area contributed by atoms with Gasteiger partial charge in [0.25, 0.3) is 0 Å². The lowest BCUT2D eigenvalue weighted by Crippen LogP contribution is -2.27. The average Bonchev–Trinajstić information content (AvgIpc) is 1.61. The van der Waals surface area contributed by atoms with E-state index in [2.05, 4.69) is 13.2 Å². The van der Waals surface area contributed by atoms with E-state index in [4.69, 9.17) is 5.73 Å². The summed E-state index contributed by atoms with van der Waals surface area (Å²) in [6, 6.07) is 0. The fourth-order valence-electron chi connectivity index (χ4n) is 0.195. The third-order valence-electron chi connectivity index (χ3n) is 0.444. The molecule has 0 aromatic carbocycles. The van der Waals surface area contributed by atoms with Gasteiger partial charge in [-0.2, -0.15) is 0 Å². The standard InChI is InChI=1S/C3H7BN2O.H2/c4-3(7)6-2-1-5;/h1-2,5H2,(H,6,7);1H. The highest BCUT2D eigenvalue weighted by Crippen LogP contribution is 1.54. The van der Waals surface area contributed by atoms with Crippen molar-refractivity contribution in [1.29, 1.82) is 0 Å². The summed E-state index contributed by atoms with van der Waals surface area (Å²) in [6.45, 7) is 0.887. The van der Waals surface area contributed by atoms with Gasteiger partial charge in [-0.1, -0.05) is 0 Å². The Morgan fingerprint density at radius 2 is 2.57 bits per heavy atom. The quantitative estimate of drug-likeness (QED) is 0.440. The Kier molecular flexibility index (Phi) is 3.41. The minimum absolute atomic E-state index is 0. The number of rotatable bonds is 2. The second kappa shape index (κ2) is 3.68. The van der Waals surface area contributed by atoms with E-state index in [1.165, 1.54) is 0 Å². The van der Waals surface area contributed by atoms with Crippen molar-refractivity contribution in [2.75, 3.05) is 13.1 Å². The van der Waals surface area contributed by atoms with Gasteiger partial charge in [0.2, 0.25) is 0 Å². The molecule has 0 aliphatic carbocycles. The monoisotopic (exact) mass is 100 g/mol. The fraction of sp³-hybridized carbons (Fsp3) is 0.667. The van der Waals surface area contributed by atoms with Crippen molar-refractivity contribution in [3.8, 4) is 0 Å². The lowest BCUT2D eigenvalue weighted by atomic mass is 10.1. The average molecular weight is 99.9 g/mol. The zero-order valence-corrected chi connectivity index (χ0v) is 3.98. The van der Waals surface area contributed by atoms with Crippen molar-refractivity contribution in [3.63, 3.8) is 0 Å². The first-order valence-electron chi connectivity index (χ1n) is 2.00. The van der Waals surface area contributed by atoms with E-state index in [1.54, 1.807) is 0 Å². The molecule has 3 nitrogen and oxygen atoms in total. The van der Waals surface area contributed by atoms with Crippen LogP contribution in [0.1, 0.15) is 1.43 Å². The van der Waals surface area contributed by atoms with Crippen LogP contribution in [0.5, 0.6) is 0 Å². The number of amides is 1. The van der Waals surface area contributed by atoms with Crippen LogP contribution in [0.4, 0.5) is 4.79 Å². The third kappa shape index (κ3) is 5.49. The highest BCUT2D eigenvalue weighted by molar-refractivity contribution is 6.57. The number of carbonyl (C=O) groups excluding carboxylic acids is 1. The second-order valence-corrected chi connectivity index (χ2v) is 1.08. The van der Waals surface area contributed by atoms with Crippen molar-refractivity contribution in [1.82, 2.24) is 5.32 Å². The molecule has 4 heteroatoms. The molecular formula is C3H9BN2O. The van der Waals surface area contributed by atoms with Crippen molar-refractivity contribution >= 4 is 13.7 Å². The Morgan fingerprint density at radius 3 is 2.71 bits per heavy atom. The van der Waals surface area contributed by atoms with E-state index < -0.39 is 5.81 Å². The van der Waals surface area contributed by atoms with Crippen LogP contribution in [-0.2, 0) is 0 Å². The Bertz CT molecular complexity index is 70.3. The molecule has 3 N–H and O–H groups in total. The molecule has 0 bridgehead atoms. The molecule has 7 heavy (non-hydrogen) atoms. The second-order valence-electron chi connectivity index (χ2n) is 1.08. The zero-order valence-electron chi connectivity index (χ0n) is 3.98. The summed E-state index contributed by atoms with van der Waals surface area (Å²) in [5.41, 5.74) is 5.01. The maximum Gasteiger partial charge on any atom is 0.200 e. The molecule has 40 valence electrons. The molecule has 0 spiro atoms. The van der Waals surface area contributed by atoms with Gasteiger partial charge in [0.15, 0.2) is 13.7 Å². The highest BCUT2D eigenvalue weighted by Gasteiger charge is 1.82. The highest BCUT2D eigenvalue weighted by atomic mass is 16.1. The molecule has 0 rings (SSSR count). The summed E-state index contributed by atoms with van der Waals surface area (Å²) in [5, 5.41) is 2.31. The van der Waals surface area contributed by atoms with E-state index in [-0.39, 0.29) is 1.43 Å². The smallest absolute Gasteiger partial charge is 0.200 e. The van der Waals surface area contributed by atoms with Gasteiger partial charge in [0.1, 0.15) is 0 Å². The van der Waals surface area contributed by atoms with Crippen molar-refractivity contribution < 1.29 is 6.22 Å². The third-order valence-corrected chi connectivity index (χ3v) is 0.444. The Hall–Kier alpha value is -0.505. The first kappa shape index (κ1) is 6.49. The molecule has 0 fully saturated rings. The van der Waals surface area contributed by atoms with Gasteiger partial charge in [-0.05, 0) is 0 Å². The van der Waals surface area contributed by atoms with Crippen LogP contribution in [0.15, 0.2) is 0 Å². The summed E-state index contributed by atoms with van der Waals surface area (Å²) in [4.78, 5) is 9.81. The Balaban J connectivity index is 0. The lowest BCUT2D eigenvalue weighted by Gasteiger charge is -1.94. The van der Waals surface area contributed by atoms with Gasteiger partial charge < -0.3 is 11.1 Å². The van der Waals surface area contributed by atoms with Crippen LogP contribution in [0.3, 0.4) is 0 Å². The van der Waals surface area contributed by atoms with E-state index >= 15 is 0 Å². The lowest BCUT2D eigenvalue weighted by molar-refractivity contribution is 0.260. The van der Waals surface area contributed by atoms with Crippen molar-refractivity contribution in [3.05, 3.63) is 0 Å². The van der Waals surface area contributed by atoms with E-state index in [0.717, 1.165) is 0 Å².